The van der Waals surface area contributed by atoms with E-state index < -0.39 is 0 Å². The zero-order valence-electron chi connectivity index (χ0n) is 12.1. The highest BCUT2D eigenvalue weighted by Gasteiger charge is 2.23. The fourth-order valence-electron chi connectivity index (χ4n) is 1.99. The number of halogens is 1. The van der Waals surface area contributed by atoms with Crippen LogP contribution >= 0.6 is 15.9 Å². The topological polar surface area (TPSA) is 55.1 Å². The van der Waals surface area contributed by atoms with E-state index in [4.69, 9.17) is 5.73 Å². The van der Waals surface area contributed by atoms with E-state index in [0.717, 1.165) is 22.1 Å². The van der Waals surface area contributed by atoms with E-state index in [2.05, 4.69) is 42.0 Å². The summed E-state index contributed by atoms with van der Waals surface area (Å²) in [5.41, 5.74) is 7.73. The zero-order valence-corrected chi connectivity index (χ0v) is 13.7. The van der Waals surface area contributed by atoms with Gasteiger partial charge in [0.25, 0.3) is 0 Å². The lowest BCUT2D eigenvalue weighted by atomic mass is 9.84. The predicted octanol–water partition coefficient (Wildman–Crippen LogP) is 3.71. The van der Waals surface area contributed by atoms with Crippen molar-refractivity contribution in [3.8, 4) is 0 Å². The van der Waals surface area contributed by atoms with E-state index in [1.165, 1.54) is 0 Å². The van der Waals surface area contributed by atoms with Crippen molar-refractivity contribution in [3.05, 3.63) is 28.2 Å². The molecule has 1 aromatic carbocycles. The van der Waals surface area contributed by atoms with Crippen LogP contribution < -0.4 is 11.1 Å². The van der Waals surface area contributed by atoms with Gasteiger partial charge in [-0.15, -0.1) is 0 Å². The first-order chi connectivity index (χ1) is 8.73. The minimum atomic E-state index is -0.149. The molecule has 0 aromatic heterocycles. The first-order valence-corrected chi connectivity index (χ1v) is 7.29. The zero-order chi connectivity index (χ0) is 14.6. The summed E-state index contributed by atoms with van der Waals surface area (Å²) >= 11 is 3.45. The van der Waals surface area contributed by atoms with Crippen LogP contribution in [0.1, 0.15) is 32.8 Å². The number of benzene rings is 1. The Kier molecular flexibility index (Phi) is 5.56. The third kappa shape index (κ3) is 5.33. The van der Waals surface area contributed by atoms with Gasteiger partial charge in [-0.05, 0) is 42.5 Å². The predicted molar refractivity (Wildman–Crippen MR) is 84.1 cm³/mol. The normalized spacial score (nSPS) is 13.2. The van der Waals surface area contributed by atoms with Crippen LogP contribution in [0.4, 0.5) is 5.69 Å². The summed E-state index contributed by atoms with van der Waals surface area (Å²) in [7, 11) is 0. The van der Waals surface area contributed by atoms with Crippen LogP contribution in [-0.2, 0) is 4.79 Å². The number of nitrogens with two attached hydrogens (primary N) is 1. The first kappa shape index (κ1) is 16.2. The first-order valence-electron chi connectivity index (χ1n) is 6.50. The number of hydrogen-bond donors (Lipinski definition) is 2. The van der Waals surface area contributed by atoms with E-state index in [-0.39, 0.29) is 17.2 Å². The SMILES string of the molecule is Cc1cc(NC(=O)C(CN)CC(C)(C)C)ccc1Br. The second-order valence-electron chi connectivity index (χ2n) is 6.15. The molecule has 0 heterocycles. The molecule has 3 N–H and O–H groups in total. The van der Waals surface area contributed by atoms with Gasteiger partial charge in [-0.2, -0.15) is 0 Å². The minimum absolute atomic E-state index is 0.000789. The van der Waals surface area contributed by atoms with Gasteiger partial charge in [0.2, 0.25) is 5.91 Å². The van der Waals surface area contributed by atoms with Crippen LogP contribution in [0.2, 0.25) is 0 Å². The molecule has 0 aliphatic rings. The Morgan fingerprint density at radius 1 is 1.42 bits per heavy atom. The second-order valence-corrected chi connectivity index (χ2v) is 7.00. The van der Waals surface area contributed by atoms with Gasteiger partial charge in [0.1, 0.15) is 0 Å². The summed E-state index contributed by atoms with van der Waals surface area (Å²) in [6.07, 6.45) is 0.783. The van der Waals surface area contributed by atoms with Crippen LogP contribution in [0.3, 0.4) is 0 Å². The average molecular weight is 327 g/mol. The van der Waals surface area contributed by atoms with E-state index in [0.29, 0.717) is 6.54 Å². The molecule has 0 radical (unpaired) electrons. The number of nitrogens with one attached hydrogen (secondary N) is 1. The molecule has 0 bridgehead atoms. The molecule has 0 aliphatic heterocycles. The number of hydrogen-bond acceptors (Lipinski definition) is 2. The highest BCUT2D eigenvalue weighted by Crippen LogP contribution is 2.25. The molecule has 0 spiro atoms. The number of carbonyl (C=O) groups is 1. The van der Waals surface area contributed by atoms with Crippen LogP contribution in [0, 0.1) is 18.3 Å². The minimum Gasteiger partial charge on any atom is -0.330 e. The van der Waals surface area contributed by atoms with Gasteiger partial charge in [-0.3, -0.25) is 4.79 Å². The highest BCUT2D eigenvalue weighted by atomic mass is 79.9. The molecule has 0 fully saturated rings. The molecular formula is C15H23BrN2O. The van der Waals surface area contributed by atoms with Gasteiger partial charge in [0.05, 0.1) is 5.92 Å². The summed E-state index contributed by atoms with van der Waals surface area (Å²) in [5.74, 6) is -0.150. The molecule has 1 aromatic rings. The molecule has 4 heteroatoms. The maximum atomic E-state index is 12.2. The summed E-state index contributed by atoms with van der Waals surface area (Å²) in [5, 5.41) is 2.94. The van der Waals surface area contributed by atoms with Crippen molar-refractivity contribution in [2.24, 2.45) is 17.1 Å². The largest absolute Gasteiger partial charge is 0.330 e. The van der Waals surface area contributed by atoms with Crippen molar-refractivity contribution in [2.45, 2.75) is 34.1 Å². The average Bonchev–Trinajstić information content (AvgIpc) is 2.29. The number of amides is 1. The molecular weight excluding hydrogens is 304 g/mol. The van der Waals surface area contributed by atoms with Crippen molar-refractivity contribution in [1.29, 1.82) is 0 Å². The number of anilines is 1. The summed E-state index contributed by atoms with van der Waals surface area (Å²) in [6.45, 7) is 8.72. The lowest BCUT2D eigenvalue weighted by Crippen LogP contribution is -2.32. The van der Waals surface area contributed by atoms with E-state index in [9.17, 15) is 4.79 Å². The van der Waals surface area contributed by atoms with Crippen LogP contribution in [-0.4, -0.2) is 12.5 Å². The smallest absolute Gasteiger partial charge is 0.228 e. The van der Waals surface area contributed by atoms with Crippen LogP contribution in [0.15, 0.2) is 22.7 Å². The maximum absolute atomic E-state index is 12.2. The Balaban J connectivity index is 2.74. The molecule has 1 amide bonds. The third-order valence-corrected chi connectivity index (χ3v) is 3.83. The van der Waals surface area contributed by atoms with Gasteiger partial charge in [-0.25, -0.2) is 0 Å². The standard InChI is InChI=1S/C15H23BrN2O/c1-10-7-12(5-6-13(10)16)18-14(19)11(9-17)8-15(2,3)4/h5-7,11H,8-9,17H2,1-4H3,(H,18,19). The molecule has 106 valence electrons. The number of carbonyl (C=O) groups excluding carboxylic acids is 1. The number of rotatable bonds is 4. The van der Waals surface area contributed by atoms with Crippen molar-refractivity contribution in [2.75, 3.05) is 11.9 Å². The Bertz CT molecular complexity index is 452. The summed E-state index contributed by atoms with van der Waals surface area (Å²) in [4.78, 5) is 12.2. The lowest BCUT2D eigenvalue weighted by molar-refractivity contribution is -0.120. The quantitative estimate of drug-likeness (QED) is 0.886. The van der Waals surface area contributed by atoms with Gasteiger partial charge >= 0.3 is 0 Å². The van der Waals surface area contributed by atoms with Gasteiger partial charge in [0.15, 0.2) is 0 Å². The van der Waals surface area contributed by atoms with Crippen LogP contribution in [0.25, 0.3) is 0 Å². The Labute approximate surface area is 124 Å². The fourth-order valence-corrected chi connectivity index (χ4v) is 2.24. The molecule has 1 unspecified atom stereocenters. The Morgan fingerprint density at radius 3 is 2.53 bits per heavy atom. The number of aryl methyl sites for hydroxylation is 1. The van der Waals surface area contributed by atoms with Crippen molar-refractivity contribution in [1.82, 2.24) is 0 Å². The maximum Gasteiger partial charge on any atom is 0.228 e. The van der Waals surface area contributed by atoms with Crippen LogP contribution in [0.5, 0.6) is 0 Å². The lowest BCUT2D eigenvalue weighted by Gasteiger charge is -2.24. The molecule has 1 rings (SSSR count). The molecule has 0 saturated carbocycles. The molecule has 1 atom stereocenters. The Hall–Kier alpha value is -0.870. The summed E-state index contributed by atoms with van der Waals surface area (Å²) in [6, 6.07) is 5.78. The van der Waals surface area contributed by atoms with E-state index >= 15 is 0 Å². The third-order valence-electron chi connectivity index (χ3n) is 2.94. The molecule has 0 aliphatic carbocycles. The monoisotopic (exact) mass is 326 g/mol. The molecule has 0 saturated heterocycles. The van der Waals surface area contributed by atoms with Gasteiger partial charge < -0.3 is 11.1 Å². The van der Waals surface area contributed by atoms with Gasteiger partial charge in [0, 0.05) is 16.7 Å². The Morgan fingerprint density at radius 2 is 2.05 bits per heavy atom. The van der Waals surface area contributed by atoms with Crippen molar-refractivity contribution in [3.63, 3.8) is 0 Å². The molecule has 3 nitrogen and oxygen atoms in total. The summed E-state index contributed by atoms with van der Waals surface area (Å²) < 4.78 is 1.04. The highest BCUT2D eigenvalue weighted by molar-refractivity contribution is 9.10. The van der Waals surface area contributed by atoms with Crippen molar-refractivity contribution >= 4 is 27.5 Å². The van der Waals surface area contributed by atoms with E-state index in [1.54, 1.807) is 0 Å². The second kappa shape index (κ2) is 6.53. The molecule has 19 heavy (non-hydrogen) atoms. The van der Waals surface area contributed by atoms with Crippen molar-refractivity contribution < 1.29 is 4.79 Å². The fraction of sp³-hybridized carbons (Fsp3) is 0.533. The van der Waals surface area contributed by atoms with Gasteiger partial charge in [-0.1, -0.05) is 36.7 Å². The van der Waals surface area contributed by atoms with E-state index in [1.807, 2.05) is 25.1 Å².